The molecule has 0 aromatic heterocycles. The summed E-state index contributed by atoms with van der Waals surface area (Å²) in [7, 11) is 12.3. The summed E-state index contributed by atoms with van der Waals surface area (Å²) in [4.78, 5) is 49.1. The number of carboxylic acid groups (broad SMARTS) is 2. The van der Waals surface area contributed by atoms with E-state index in [1.807, 2.05) is 69.7 Å². The van der Waals surface area contributed by atoms with Gasteiger partial charge in [-0.15, -0.1) is 0 Å². The average Bonchev–Trinajstić information content (AvgIpc) is 3.67. The number of carbonyl (C=O) groups is 4. The minimum absolute atomic E-state index is 0.00539. The first-order valence-electron chi connectivity index (χ1n) is 20.0. The fourth-order valence-electron chi connectivity index (χ4n) is 7.67. The maximum absolute atomic E-state index is 12.6. The molecule has 4 aromatic carbocycles. The lowest BCUT2D eigenvalue weighted by Crippen LogP contribution is -2.45. The normalized spacial score (nSPS) is 13.6. The van der Waals surface area contributed by atoms with Gasteiger partial charge in [-0.3, -0.25) is 19.3 Å². The number of rotatable bonds is 17. The van der Waals surface area contributed by atoms with Crippen molar-refractivity contribution < 1.29 is 47.8 Å². The number of unbranched alkanes of at least 4 members (excludes halogenated alkanes) is 1. The van der Waals surface area contributed by atoms with Crippen LogP contribution in [-0.2, 0) is 23.9 Å². The van der Waals surface area contributed by atoms with Crippen molar-refractivity contribution in [2.75, 3.05) is 81.7 Å². The molecule has 0 saturated heterocycles. The summed E-state index contributed by atoms with van der Waals surface area (Å²) in [6.45, 7) is 2.01. The first-order valence-corrected chi connectivity index (χ1v) is 20.0. The Morgan fingerprint density at radius 1 is 0.603 bits per heavy atom. The van der Waals surface area contributed by atoms with Crippen LogP contribution >= 0.6 is 0 Å². The number of carbonyl (C=O) groups excluding carboxylic acids is 2. The van der Waals surface area contributed by atoms with Crippen LogP contribution in [-0.4, -0.2) is 130 Å². The van der Waals surface area contributed by atoms with Gasteiger partial charge in [0.05, 0.1) is 74.3 Å². The number of nitrogens with zero attached hydrogens (tertiary/aromatic N) is 3. The van der Waals surface area contributed by atoms with Gasteiger partial charge in [0.1, 0.15) is 19.8 Å². The third kappa shape index (κ3) is 11.8. The van der Waals surface area contributed by atoms with E-state index in [9.17, 15) is 24.3 Å². The van der Waals surface area contributed by atoms with Gasteiger partial charge in [0, 0.05) is 11.8 Å². The Morgan fingerprint density at radius 2 is 1.02 bits per heavy atom. The Balaban J connectivity index is 0.000000221. The number of hydrogen-bond acceptors (Lipinski definition) is 6. The SMILES string of the molecule is C[N+](C)(C)CCCCC(CC(=O)OCC1c2ccccc2-c2ccccc21)C(=O)O.C[N+](C)(C)CCN(CC(=O)O)C(=O)OCC1c2ccccc2-c2ccccc21. The van der Waals surface area contributed by atoms with Crippen molar-refractivity contribution >= 4 is 24.0 Å². The molecule has 11 heteroatoms. The van der Waals surface area contributed by atoms with Crippen LogP contribution in [0.4, 0.5) is 4.79 Å². The number of fused-ring (bicyclic) bond motifs is 6. The second kappa shape index (κ2) is 19.3. The molecule has 11 nitrogen and oxygen atoms in total. The molecule has 4 aromatic rings. The van der Waals surface area contributed by atoms with Gasteiger partial charge in [0.15, 0.2) is 0 Å². The van der Waals surface area contributed by atoms with Crippen LogP contribution in [0.15, 0.2) is 97.1 Å². The van der Waals surface area contributed by atoms with Gasteiger partial charge in [0.2, 0.25) is 0 Å². The molecule has 2 N–H and O–H groups in total. The Morgan fingerprint density at radius 3 is 1.41 bits per heavy atom. The summed E-state index contributed by atoms with van der Waals surface area (Å²) in [5, 5.41) is 18.7. The van der Waals surface area contributed by atoms with Crippen LogP contribution in [0.1, 0.15) is 59.8 Å². The highest BCUT2D eigenvalue weighted by atomic mass is 16.6. The Bertz CT molecular complexity index is 1980. The maximum Gasteiger partial charge on any atom is 0.410 e. The van der Waals surface area contributed by atoms with E-state index in [0.29, 0.717) is 24.0 Å². The van der Waals surface area contributed by atoms with E-state index in [0.717, 1.165) is 57.3 Å². The predicted octanol–water partition coefficient (Wildman–Crippen LogP) is 7.34. The maximum atomic E-state index is 12.6. The van der Waals surface area contributed by atoms with E-state index in [4.69, 9.17) is 14.6 Å². The van der Waals surface area contributed by atoms with Crippen molar-refractivity contribution in [3.63, 3.8) is 0 Å². The minimum Gasteiger partial charge on any atom is -0.481 e. The zero-order chi connectivity index (χ0) is 42.0. The van der Waals surface area contributed by atoms with Crippen molar-refractivity contribution in [3.05, 3.63) is 119 Å². The van der Waals surface area contributed by atoms with E-state index in [1.54, 1.807) is 0 Å². The van der Waals surface area contributed by atoms with Crippen molar-refractivity contribution in [2.45, 2.75) is 37.5 Å². The molecular weight excluding hydrogens is 735 g/mol. The molecule has 1 atom stereocenters. The average molecular weight is 794 g/mol. The molecule has 58 heavy (non-hydrogen) atoms. The van der Waals surface area contributed by atoms with E-state index in [-0.39, 0.29) is 38.0 Å². The number of likely N-dealkylation sites (N-methyl/N-ethyl adjacent to an activating group) is 1. The van der Waals surface area contributed by atoms with E-state index in [2.05, 4.69) is 69.7 Å². The largest absolute Gasteiger partial charge is 0.481 e. The van der Waals surface area contributed by atoms with Gasteiger partial charge in [0.25, 0.3) is 0 Å². The summed E-state index contributed by atoms with van der Waals surface area (Å²) in [5.74, 6) is -3.14. The van der Waals surface area contributed by atoms with Gasteiger partial charge in [-0.2, -0.15) is 0 Å². The molecule has 1 amide bonds. The van der Waals surface area contributed by atoms with Crippen LogP contribution in [0.2, 0.25) is 0 Å². The Hall–Kier alpha value is -5.52. The summed E-state index contributed by atoms with van der Waals surface area (Å²) < 4.78 is 12.6. The van der Waals surface area contributed by atoms with E-state index >= 15 is 0 Å². The minimum atomic E-state index is -1.05. The Kier molecular flexibility index (Phi) is 14.5. The smallest absolute Gasteiger partial charge is 0.410 e. The molecule has 0 radical (unpaired) electrons. The first-order chi connectivity index (χ1) is 27.5. The molecule has 2 aliphatic rings. The fraction of sp³-hybridized carbons (Fsp3) is 0.404. The second-order valence-corrected chi connectivity index (χ2v) is 17.3. The van der Waals surface area contributed by atoms with Crippen molar-refractivity contribution in [2.24, 2.45) is 5.92 Å². The third-order valence-electron chi connectivity index (χ3n) is 10.7. The number of amides is 1. The topological polar surface area (TPSA) is 130 Å². The van der Waals surface area contributed by atoms with E-state index < -0.39 is 29.9 Å². The number of quaternary nitrogens is 2. The monoisotopic (exact) mass is 793 g/mol. The molecule has 0 bridgehead atoms. The molecule has 1 unspecified atom stereocenters. The molecule has 6 rings (SSSR count). The van der Waals surface area contributed by atoms with Crippen molar-refractivity contribution in [1.82, 2.24) is 4.90 Å². The molecule has 0 fully saturated rings. The van der Waals surface area contributed by atoms with Crippen LogP contribution in [0, 0.1) is 5.92 Å². The van der Waals surface area contributed by atoms with Gasteiger partial charge < -0.3 is 28.7 Å². The predicted molar refractivity (Wildman–Crippen MR) is 224 cm³/mol. The molecule has 0 saturated carbocycles. The van der Waals surface area contributed by atoms with Crippen molar-refractivity contribution in [1.29, 1.82) is 0 Å². The number of aliphatic carboxylic acids is 2. The zero-order valence-electron chi connectivity index (χ0n) is 34.7. The Labute approximate surface area is 342 Å². The number of carboxylic acids is 2. The second-order valence-electron chi connectivity index (χ2n) is 17.3. The third-order valence-corrected chi connectivity index (χ3v) is 10.7. The summed E-state index contributed by atoms with van der Waals surface area (Å²) >= 11 is 0. The molecule has 0 heterocycles. The lowest BCUT2D eigenvalue weighted by atomic mass is 9.97. The summed E-state index contributed by atoms with van der Waals surface area (Å²) in [6.07, 6.45) is 1.58. The van der Waals surface area contributed by atoms with Gasteiger partial charge in [-0.1, -0.05) is 97.1 Å². The lowest BCUT2D eigenvalue weighted by Gasteiger charge is -2.28. The number of esters is 1. The highest BCUT2D eigenvalue weighted by Gasteiger charge is 2.32. The van der Waals surface area contributed by atoms with Crippen LogP contribution in [0.5, 0.6) is 0 Å². The van der Waals surface area contributed by atoms with Crippen LogP contribution < -0.4 is 0 Å². The number of hydrogen-bond donors (Lipinski definition) is 2. The highest BCUT2D eigenvalue weighted by molar-refractivity contribution is 5.81. The molecule has 308 valence electrons. The zero-order valence-corrected chi connectivity index (χ0v) is 34.7. The molecule has 0 spiro atoms. The first kappa shape index (κ1) is 43.6. The summed E-state index contributed by atoms with van der Waals surface area (Å²) in [5.41, 5.74) is 9.24. The number of benzene rings is 4. The van der Waals surface area contributed by atoms with E-state index in [1.165, 1.54) is 16.0 Å². The number of ether oxygens (including phenoxy) is 2. The molecular formula is C47H59N3O8+2. The lowest BCUT2D eigenvalue weighted by molar-refractivity contribution is -0.870. The van der Waals surface area contributed by atoms with Gasteiger partial charge in [-0.25, -0.2) is 4.79 Å². The van der Waals surface area contributed by atoms with Crippen LogP contribution in [0.25, 0.3) is 22.3 Å². The van der Waals surface area contributed by atoms with Crippen LogP contribution in [0.3, 0.4) is 0 Å². The fourth-order valence-corrected chi connectivity index (χ4v) is 7.67. The standard InChI is InChI=1S/C25H31NO4.C22H26N2O4/c1-26(2,3)15-9-8-10-18(25(28)29)16-24(27)30-17-23-21-13-6-4-11-19(21)20-12-5-7-14-22(20)23;1-24(2,3)13-12-23(14-21(25)26)22(27)28-15-20-18-10-6-4-8-16(18)17-9-5-7-11-19(17)20/h4-7,11-14,18,23H,8-10,15-17H2,1-3H3;4-11,20H,12-15H2,1-3H3/p+2. The molecule has 2 aliphatic carbocycles. The highest BCUT2D eigenvalue weighted by Crippen LogP contribution is 2.45. The van der Waals surface area contributed by atoms with Crippen molar-refractivity contribution in [3.8, 4) is 22.3 Å². The summed E-state index contributed by atoms with van der Waals surface area (Å²) in [6, 6.07) is 32.6. The molecule has 0 aliphatic heterocycles. The van der Waals surface area contributed by atoms with Gasteiger partial charge >= 0.3 is 24.0 Å². The quantitative estimate of drug-likeness (QED) is 0.0646. The van der Waals surface area contributed by atoms with Gasteiger partial charge in [-0.05, 0) is 63.8 Å².